The SMILES string of the molecule is Cc1nc(C2=C[C@H](C)NC2)cs1. The number of nitrogens with one attached hydrogen (secondary N) is 1. The molecule has 3 heteroatoms. The molecule has 0 spiro atoms. The summed E-state index contributed by atoms with van der Waals surface area (Å²) in [6.07, 6.45) is 2.24. The summed E-state index contributed by atoms with van der Waals surface area (Å²) < 4.78 is 0. The van der Waals surface area contributed by atoms with Gasteiger partial charge in [-0.1, -0.05) is 6.08 Å². The van der Waals surface area contributed by atoms with Gasteiger partial charge in [-0.2, -0.15) is 0 Å². The average Bonchev–Trinajstić information content (AvgIpc) is 2.58. The molecule has 0 saturated heterocycles. The van der Waals surface area contributed by atoms with E-state index in [4.69, 9.17) is 0 Å². The maximum absolute atomic E-state index is 4.44. The molecule has 2 rings (SSSR count). The second-order valence-corrected chi connectivity index (χ2v) is 4.18. The van der Waals surface area contributed by atoms with E-state index in [1.807, 2.05) is 6.92 Å². The first kappa shape index (κ1) is 7.95. The van der Waals surface area contributed by atoms with Gasteiger partial charge in [-0.25, -0.2) is 4.98 Å². The van der Waals surface area contributed by atoms with E-state index in [1.54, 1.807) is 11.3 Å². The minimum Gasteiger partial charge on any atom is -0.307 e. The number of rotatable bonds is 1. The minimum absolute atomic E-state index is 0.502. The number of thiazole rings is 1. The van der Waals surface area contributed by atoms with Crippen molar-refractivity contribution in [3.8, 4) is 0 Å². The maximum atomic E-state index is 4.44. The highest BCUT2D eigenvalue weighted by atomic mass is 32.1. The Hall–Kier alpha value is -0.670. The summed E-state index contributed by atoms with van der Waals surface area (Å²) in [6, 6.07) is 0.502. The molecule has 0 radical (unpaired) electrons. The zero-order valence-electron chi connectivity index (χ0n) is 7.29. The Labute approximate surface area is 76.3 Å². The van der Waals surface area contributed by atoms with E-state index < -0.39 is 0 Å². The van der Waals surface area contributed by atoms with Gasteiger partial charge in [0.05, 0.1) is 10.7 Å². The minimum atomic E-state index is 0.502. The normalized spacial score (nSPS) is 22.8. The van der Waals surface area contributed by atoms with Crippen molar-refractivity contribution in [2.75, 3.05) is 6.54 Å². The molecule has 0 amide bonds. The first-order valence-corrected chi connectivity index (χ1v) is 5.00. The van der Waals surface area contributed by atoms with Gasteiger partial charge in [-0.15, -0.1) is 11.3 Å². The van der Waals surface area contributed by atoms with E-state index in [1.165, 1.54) is 5.57 Å². The van der Waals surface area contributed by atoms with Crippen LogP contribution in [-0.4, -0.2) is 17.6 Å². The Bertz CT molecular complexity index is 314. The molecule has 1 N–H and O–H groups in total. The second kappa shape index (κ2) is 2.99. The van der Waals surface area contributed by atoms with Crippen LogP contribution in [0.2, 0.25) is 0 Å². The molecule has 1 aliphatic heterocycles. The summed E-state index contributed by atoms with van der Waals surface area (Å²) in [5.41, 5.74) is 2.49. The van der Waals surface area contributed by atoms with Gasteiger partial charge >= 0.3 is 0 Å². The zero-order chi connectivity index (χ0) is 8.55. The second-order valence-electron chi connectivity index (χ2n) is 3.11. The van der Waals surface area contributed by atoms with Gasteiger partial charge in [0.1, 0.15) is 0 Å². The van der Waals surface area contributed by atoms with Crippen LogP contribution >= 0.6 is 11.3 Å². The van der Waals surface area contributed by atoms with Crippen molar-refractivity contribution in [2.24, 2.45) is 0 Å². The van der Waals surface area contributed by atoms with Gasteiger partial charge in [-0.05, 0) is 19.4 Å². The third kappa shape index (κ3) is 1.42. The summed E-state index contributed by atoms with van der Waals surface area (Å²) in [5.74, 6) is 0. The van der Waals surface area contributed by atoms with Gasteiger partial charge < -0.3 is 5.32 Å². The van der Waals surface area contributed by atoms with Crippen LogP contribution in [0.5, 0.6) is 0 Å². The predicted octanol–water partition coefficient (Wildman–Crippen LogP) is 1.83. The summed E-state index contributed by atoms with van der Waals surface area (Å²) in [6.45, 7) is 5.16. The molecule has 2 nitrogen and oxygen atoms in total. The van der Waals surface area contributed by atoms with Crippen LogP contribution in [0.3, 0.4) is 0 Å². The number of hydrogen-bond donors (Lipinski definition) is 1. The first-order chi connectivity index (χ1) is 5.75. The van der Waals surface area contributed by atoms with E-state index >= 15 is 0 Å². The van der Waals surface area contributed by atoms with Gasteiger partial charge in [0.15, 0.2) is 0 Å². The highest BCUT2D eigenvalue weighted by Crippen LogP contribution is 2.20. The summed E-state index contributed by atoms with van der Waals surface area (Å²) in [5, 5.41) is 6.62. The molecule has 1 atom stereocenters. The fourth-order valence-corrected chi connectivity index (χ4v) is 2.01. The van der Waals surface area contributed by atoms with Crippen molar-refractivity contribution in [2.45, 2.75) is 19.9 Å². The Balaban J connectivity index is 2.26. The number of aryl methyl sites for hydroxylation is 1. The first-order valence-electron chi connectivity index (χ1n) is 4.12. The van der Waals surface area contributed by atoms with Gasteiger partial charge in [0.25, 0.3) is 0 Å². The Morgan fingerprint density at radius 1 is 1.67 bits per heavy atom. The molecule has 0 aromatic carbocycles. The Morgan fingerprint density at radius 3 is 3.00 bits per heavy atom. The van der Waals surface area contributed by atoms with E-state index in [0.29, 0.717) is 6.04 Å². The topological polar surface area (TPSA) is 24.9 Å². The van der Waals surface area contributed by atoms with Crippen LogP contribution in [0.4, 0.5) is 0 Å². The smallest absolute Gasteiger partial charge is 0.0901 e. The molecule has 1 aliphatic rings. The molecule has 2 heterocycles. The molecular formula is C9H12N2S. The molecule has 1 aromatic rings. The lowest BCUT2D eigenvalue weighted by molar-refractivity contribution is 0.728. The Kier molecular flexibility index (Phi) is 1.98. The quantitative estimate of drug-likeness (QED) is 0.713. The van der Waals surface area contributed by atoms with Gasteiger partial charge in [-0.3, -0.25) is 0 Å². The molecule has 0 bridgehead atoms. The molecule has 12 heavy (non-hydrogen) atoms. The highest BCUT2D eigenvalue weighted by molar-refractivity contribution is 7.09. The van der Waals surface area contributed by atoms with Crippen molar-refractivity contribution in [3.05, 3.63) is 22.2 Å². The summed E-state index contributed by atoms with van der Waals surface area (Å²) >= 11 is 1.71. The van der Waals surface area contributed by atoms with E-state index in [9.17, 15) is 0 Å². The lowest BCUT2D eigenvalue weighted by Crippen LogP contribution is -2.17. The third-order valence-corrected chi connectivity index (χ3v) is 2.79. The average molecular weight is 180 g/mol. The summed E-state index contributed by atoms with van der Waals surface area (Å²) in [7, 11) is 0. The van der Waals surface area contributed by atoms with Crippen LogP contribution in [0.1, 0.15) is 17.6 Å². The van der Waals surface area contributed by atoms with Crippen LogP contribution in [0, 0.1) is 6.92 Å². The van der Waals surface area contributed by atoms with Crippen molar-refractivity contribution >= 4 is 16.9 Å². The third-order valence-electron chi connectivity index (χ3n) is 2.01. The molecule has 1 aromatic heterocycles. The van der Waals surface area contributed by atoms with Crippen LogP contribution in [-0.2, 0) is 0 Å². The fourth-order valence-electron chi connectivity index (χ4n) is 1.38. The molecule has 0 fully saturated rings. The van der Waals surface area contributed by atoms with Crippen LogP contribution < -0.4 is 5.32 Å². The van der Waals surface area contributed by atoms with E-state index in [0.717, 1.165) is 17.2 Å². The monoisotopic (exact) mass is 180 g/mol. The number of nitrogens with zero attached hydrogens (tertiary/aromatic N) is 1. The number of aromatic nitrogens is 1. The molecule has 0 saturated carbocycles. The Morgan fingerprint density at radius 2 is 2.50 bits per heavy atom. The predicted molar refractivity (Wildman–Crippen MR) is 52.3 cm³/mol. The van der Waals surface area contributed by atoms with E-state index in [2.05, 4.69) is 28.7 Å². The summed E-state index contributed by atoms with van der Waals surface area (Å²) in [4.78, 5) is 4.44. The highest BCUT2D eigenvalue weighted by Gasteiger charge is 2.13. The number of hydrogen-bond acceptors (Lipinski definition) is 3. The van der Waals surface area contributed by atoms with Crippen LogP contribution in [0.15, 0.2) is 11.5 Å². The fraction of sp³-hybridized carbons (Fsp3) is 0.444. The van der Waals surface area contributed by atoms with Gasteiger partial charge in [0.2, 0.25) is 0 Å². The lowest BCUT2D eigenvalue weighted by Gasteiger charge is -1.95. The largest absolute Gasteiger partial charge is 0.307 e. The lowest BCUT2D eigenvalue weighted by atomic mass is 10.2. The molecule has 0 aliphatic carbocycles. The molecule has 0 unspecified atom stereocenters. The van der Waals surface area contributed by atoms with Crippen molar-refractivity contribution in [1.29, 1.82) is 0 Å². The standard InChI is InChI=1S/C9H12N2S/c1-6-3-8(4-10-6)9-5-12-7(2)11-9/h3,5-6,10H,4H2,1-2H3/t6-/m0/s1. The van der Waals surface area contributed by atoms with Crippen molar-refractivity contribution < 1.29 is 0 Å². The van der Waals surface area contributed by atoms with Crippen molar-refractivity contribution in [1.82, 2.24) is 10.3 Å². The maximum Gasteiger partial charge on any atom is 0.0901 e. The molecular weight excluding hydrogens is 168 g/mol. The van der Waals surface area contributed by atoms with Gasteiger partial charge in [0, 0.05) is 18.0 Å². The van der Waals surface area contributed by atoms with E-state index in [-0.39, 0.29) is 0 Å². The molecule has 64 valence electrons. The van der Waals surface area contributed by atoms with Crippen molar-refractivity contribution in [3.63, 3.8) is 0 Å². The zero-order valence-corrected chi connectivity index (χ0v) is 8.11. The van der Waals surface area contributed by atoms with Crippen LogP contribution in [0.25, 0.3) is 5.57 Å².